The molecule has 34 heavy (non-hydrogen) atoms. The van der Waals surface area contributed by atoms with Crippen molar-refractivity contribution in [3.8, 4) is 11.1 Å². The summed E-state index contributed by atoms with van der Waals surface area (Å²) >= 11 is 0. The van der Waals surface area contributed by atoms with E-state index in [1.165, 1.54) is 18.5 Å². The zero-order chi connectivity index (χ0) is 24.7. The third-order valence-electron chi connectivity index (χ3n) is 8.70. The number of nitrogens with one attached hydrogen (secondary N) is 1. The number of nitrogen functional groups attached to an aromatic ring is 1. The smallest absolute Gasteiger partial charge is 0.255 e. The van der Waals surface area contributed by atoms with Gasteiger partial charge in [-0.25, -0.2) is 4.98 Å². The maximum atomic E-state index is 13.0. The molecule has 1 unspecified atom stereocenters. The number of anilines is 1. The molecular weight excluding hydrogens is 424 g/mol. The quantitative estimate of drug-likeness (QED) is 0.520. The molecule has 0 bridgehead atoms. The fraction of sp³-hybridized carbons (Fsp3) is 0.571. The molecule has 0 radical (unpaired) electrons. The second kappa shape index (κ2) is 9.31. The van der Waals surface area contributed by atoms with E-state index in [1.54, 1.807) is 6.20 Å². The number of pyridine rings is 1. The lowest BCUT2D eigenvalue weighted by Crippen LogP contribution is -2.43. The number of aliphatic hydroxyl groups is 1. The Kier molecular flexibility index (Phi) is 6.76. The monoisotopic (exact) mass is 464 g/mol. The van der Waals surface area contributed by atoms with E-state index in [1.807, 2.05) is 13.0 Å². The minimum Gasteiger partial charge on any atom is -0.396 e. The van der Waals surface area contributed by atoms with E-state index in [0.717, 1.165) is 30.0 Å². The first-order valence-corrected chi connectivity index (χ1v) is 12.7. The number of amides is 1. The van der Waals surface area contributed by atoms with Gasteiger partial charge in [-0.05, 0) is 55.7 Å². The highest BCUT2D eigenvalue weighted by Crippen LogP contribution is 2.59. The molecule has 184 valence electrons. The number of fused-ring (bicyclic) bond motifs is 1. The lowest BCUT2D eigenvalue weighted by atomic mass is 9.75. The van der Waals surface area contributed by atoms with Gasteiger partial charge in [-0.1, -0.05) is 45.0 Å². The Morgan fingerprint density at radius 3 is 2.53 bits per heavy atom. The Balaban J connectivity index is 1.50. The van der Waals surface area contributed by atoms with Crippen molar-refractivity contribution in [2.24, 2.45) is 17.3 Å². The molecule has 2 aromatic rings. The topological polar surface area (TPSA) is 91.5 Å². The maximum absolute atomic E-state index is 13.0. The van der Waals surface area contributed by atoms with E-state index >= 15 is 0 Å². The molecule has 4 N–H and O–H groups in total. The number of benzene rings is 1. The predicted octanol–water partition coefficient (Wildman–Crippen LogP) is 4.09. The zero-order valence-electron chi connectivity index (χ0n) is 21.3. The largest absolute Gasteiger partial charge is 0.396 e. The Bertz CT molecular complexity index is 1030. The number of nitrogens with two attached hydrogens (primary N) is 1. The minimum absolute atomic E-state index is 0.0266. The van der Waals surface area contributed by atoms with Crippen molar-refractivity contribution < 1.29 is 9.90 Å². The van der Waals surface area contributed by atoms with Gasteiger partial charge in [0.15, 0.2) is 0 Å². The van der Waals surface area contributed by atoms with Crippen molar-refractivity contribution in [1.29, 1.82) is 0 Å². The lowest BCUT2D eigenvalue weighted by Gasteiger charge is -2.35. The van der Waals surface area contributed by atoms with Crippen LogP contribution in [-0.4, -0.2) is 53.2 Å². The summed E-state index contributed by atoms with van der Waals surface area (Å²) < 4.78 is 0. The van der Waals surface area contributed by atoms with E-state index in [2.05, 4.69) is 67.2 Å². The van der Waals surface area contributed by atoms with Gasteiger partial charge in [0.25, 0.3) is 5.91 Å². The second-order valence-electron chi connectivity index (χ2n) is 11.0. The van der Waals surface area contributed by atoms with Crippen LogP contribution >= 0.6 is 0 Å². The third-order valence-corrected chi connectivity index (χ3v) is 8.70. The molecule has 1 saturated heterocycles. The first kappa shape index (κ1) is 24.7. The van der Waals surface area contributed by atoms with E-state index in [0.29, 0.717) is 23.6 Å². The summed E-state index contributed by atoms with van der Waals surface area (Å²) in [6.45, 7) is 13.5. The number of hydrogen-bond donors (Lipinski definition) is 3. The molecule has 1 aliphatic heterocycles. The highest BCUT2D eigenvalue weighted by molar-refractivity contribution is 5.99. The molecule has 2 aliphatic rings. The highest BCUT2D eigenvalue weighted by Gasteiger charge is 2.60. The number of likely N-dealkylation sites (tertiary alicyclic amines) is 1. The summed E-state index contributed by atoms with van der Waals surface area (Å²) in [5, 5.41) is 12.9. The van der Waals surface area contributed by atoms with Crippen molar-refractivity contribution in [2.75, 3.05) is 32.0 Å². The summed E-state index contributed by atoms with van der Waals surface area (Å²) in [4.78, 5) is 19.9. The normalized spacial score (nSPS) is 23.7. The van der Waals surface area contributed by atoms with Gasteiger partial charge < -0.3 is 16.2 Å². The van der Waals surface area contributed by atoms with Crippen molar-refractivity contribution >= 4 is 11.7 Å². The van der Waals surface area contributed by atoms with E-state index < -0.39 is 0 Å². The number of nitrogens with zero attached hydrogens (tertiary/aromatic N) is 2. The first-order chi connectivity index (χ1) is 16.2. The van der Waals surface area contributed by atoms with E-state index in [9.17, 15) is 9.90 Å². The number of piperidine rings is 1. The Labute approximate surface area is 204 Å². The fourth-order valence-corrected chi connectivity index (χ4v) is 5.61. The van der Waals surface area contributed by atoms with Gasteiger partial charge in [-0.15, -0.1) is 0 Å². The van der Waals surface area contributed by atoms with Crippen molar-refractivity contribution in [2.45, 2.75) is 58.9 Å². The fourth-order valence-electron chi connectivity index (χ4n) is 5.61. The van der Waals surface area contributed by atoms with Gasteiger partial charge in [-0.2, -0.15) is 0 Å². The second-order valence-corrected chi connectivity index (χ2v) is 11.0. The van der Waals surface area contributed by atoms with Crippen LogP contribution in [0.15, 0.2) is 36.5 Å². The van der Waals surface area contributed by atoms with Crippen LogP contribution in [0.25, 0.3) is 11.1 Å². The third kappa shape index (κ3) is 4.34. The molecule has 0 spiro atoms. The van der Waals surface area contributed by atoms with Crippen molar-refractivity contribution in [1.82, 2.24) is 15.2 Å². The van der Waals surface area contributed by atoms with Gasteiger partial charge in [-0.3, -0.25) is 9.69 Å². The lowest BCUT2D eigenvalue weighted by molar-refractivity contribution is 0.0646. The number of rotatable bonds is 9. The first-order valence-electron chi connectivity index (χ1n) is 12.7. The van der Waals surface area contributed by atoms with Crippen LogP contribution in [0.2, 0.25) is 0 Å². The summed E-state index contributed by atoms with van der Waals surface area (Å²) in [6.07, 6.45) is 3.79. The minimum atomic E-state index is -0.350. The average Bonchev–Trinajstić information content (AvgIpc) is 3.40. The van der Waals surface area contributed by atoms with Crippen molar-refractivity contribution in [3.05, 3.63) is 47.7 Å². The molecule has 2 heterocycles. The Morgan fingerprint density at radius 2 is 1.97 bits per heavy atom. The molecule has 1 saturated carbocycles. The molecular formula is C28H40N4O2. The van der Waals surface area contributed by atoms with Gasteiger partial charge in [0.05, 0.1) is 12.2 Å². The van der Waals surface area contributed by atoms with Gasteiger partial charge in [0, 0.05) is 48.3 Å². The number of carbonyl (C=O) groups excluding carboxylic acids is 1. The zero-order valence-corrected chi connectivity index (χ0v) is 21.3. The van der Waals surface area contributed by atoms with Crippen LogP contribution in [0.3, 0.4) is 0 Å². The summed E-state index contributed by atoms with van der Waals surface area (Å²) in [5.74, 6) is 0.971. The number of carbonyl (C=O) groups is 1. The summed E-state index contributed by atoms with van der Waals surface area (Å²) in [6, 6.07) is 11.2. The molecule has 2 fully saturated rings. The molecule has 1 aliphatic carbocycles. The van der Waals surface area contributed by atoms with Gasteiger partial charge in [0.1, 0.15) is 5.82 Å². The molecule has 3 atom stereocenters. The van der Waals surface area contributed by atoms with Crippen molar-refractivity contribution in [3.63, 3.8) is 0 Å². The Hall–Kier alpha value is -2.44. The molecule has 4 rings (SSSR count). The predicted molar refractivity (Wildman–Crippen MR) is 138 cm³/mol. The average molecular weight is 465 g/mol. The van der Waals surface area contributed by atoms with Gasteiger partial charge >= 0.3 is 0 Å². The van der Waals surface area contributed by atoms with E-state index in [-0.39, 0.29) is 29.7 Å². The number of hydrogen-bond acceptors (Lipinski definition) is 5. The summed E-state index contributed by atoms with van der Waals surface area (Å²) in [7, 11) is 0. The SMILES string of the molecule is CCC(CO)(CNC(=O)c1cc(-c2ccc([C@]34C[C@H]3CN(C(C)C)C4)cc2)cnc1N)C(C)C. The Morgan fingerprint density at radius 1 is 1.26 bits per heavy atom. The number of aromatic nitrogens is 1. The number of aliphatic hydroxyl groups excluding tert-OH is 1. The molecule has 1 aromatic carbocycles. The van der Waals surface area contributed by atoms with Crippen LogP contribution in [0.1, 0.15) is 63.4 Å². The van der Waals surface area contributed by atoms with Gasteiger partial charge in [0.2, 0.25) is 0 Å². The van der Waals surface area contributed by atoms with Crippen LogP contribution in [0.5, 0.6) is 0 Å². The standard InChI is InChI=1S/C28H40N4O2/c1-6-27(17-33,18(2)3)15-31-26(34)24-11-21(13-30-25(24)29)20-7-9-22(10-8-20)28-12-23(28)14-32(16-28)19(4)5/h7-11,13,18-19,23,33H,6,12,14-17H2,1-5H3,(H2,29,30)(H,31,34)/t23-,27?,28+/m0/s1. The molecule has 6 heteroatoms. The molecule has 1 aromatic heterocycles. The summed E-state index contributed by atoms with van der Waals surface area (Å²) in [5.41, 5.74) is 9.73. The van der Waals surface area contributed by atoms with Crippen LogP contribution < -0.4 is 11.1 Å². The van der Waals surface area contributed by atoms with Crippen LogP contribution in [0.4, 0.5) is 5.82 Å². The maximum Gasteiger partial charge on any atom is 0.255 e. The van der Waals surface area contributed by atoms with E-state index in [4.69, 9.17) is 5.73 Å². The molecule has 6 nitrogen and oxygen atoms in total. The highest BCUT2D eigenvalue weighted by atomic mass is 16.3. The molecule has 1 amide bonds. The van der Waals surface area contributed by atoms with Crippen LogP contribution in [-0.2, 0) is 5.41 Å². The van der Waals surface area contributed by atoms with Crippen LogP contribution in [0, 0.1) is 17.3 Å².